The number of hydrogen-bond acceptors (Lipinski definition) is 2. The van der Waals surface area contributed by atoms with Crippen molar-refractivity contribution in [2.45, 2.75) is 0 Å². The molecule has 0 saturated carbocycles. The minimum Gasteiger partial charge on any atom is -0.310 e. The molecule has 258 valence electrons. The van der Waals surface area contributed by atoms with E-state index >= 15 is 0 Å². The van der Waals surface area contributed by atoms with Gasteiger partial charge in [-0.15, -0.1) is 11.3 Å². The quantitative estimate of drug-likeness (QED) is 0.166. The van der Waals surface area contributed by atoms with E-state index in [1.807, 2.05) is 11.3 Å². The van der Waals surface area contributed by atoms with Crippen LogP contribution in [0.1, 0.15) is 0 Å². The van der Waals surface area contributed by atoms with Gasteiger partial charge in [0.1, 0.15) is 0 Å². The summed E-state index contributed by atoms with van der Waals surface area (Å²) >= 11 is 1.88. The van der Waals surface area contributed by atoms with Gasteiger partial charge in [-0.1, -0.05) is 146 Å². The van der Waals surface area contributed by atoms with Gasteiger partial charge in [0, 0.05) is 53.6 Å². The average Bonchev–Trinajstić information content (AvgIpc) is 3.80. The van der Waals surface area contributed by atoms with Gasteiger partial charge in [0.15, 0.2) is 0 Å². The van der Waals surface area contributed by atoms with Crippen LogP contribution in [-0.4, -0.2) is 4.57 Å². The highest BCUT2D eigenvalue weighted by Gasteiger charge is 2.22. The lowest BCUT2D eigenvalue weighted by atomic mass is 9.96. The summed E-state index contributed by atoms with van der Waals surface area (Å²) in [4.78, 5) is 2.44. The van der Waals surface area contributed by atoms with Crippen molar-refractivity contribution < 1.29 is 0 Å². The summed E-state index contributed by atoms with van der Waals surface area (Å²) in [6, 6.07) is 75.2. The molecule has 0 amide bonds. The molecule has 0 spiro atoms. The number of thiophene rings is 1. The van der Waals surface area contributed by atoms with E-state index in [9.17, 15) is 0 Å². The predicted molar refractivity (Wildman–Crippen MR) is 237 cm³/mol. The van der Waals surface area contributed by atoms with Gasteiger partial charge in [0.25, 0.3) is 0 Å². The van der Waals surface area contributed by atoms with Crippen molar-refractivity contribution in [3.63, 3.8) is 0 Å². The van der Waals surface area contributed by atoms with Crippen LogP contribution in [-0.2, 0) is 0 Å². The average molecular weight is 719 g/mol. The standard InChI is InChI=1S/C52H34N2S/c1-2-17-38(18-3-1)53(40-19-12-16-37(34-40)42-24-13-15-35-14-4-5-20-41(35)42)49-33-32-46-45-23-8-11-27-50(45)55-52(46)51(49)36-28-30-39(31-29-36)54-47-25-9-6-21-43(47)44-22-7-10-26-48(44)54/h1-34H. The van der Waals surface area contributed by atoms with Crippen LogP contribution in [0.25, 0.3) is 80.7 Å². The first kappa shape index (κ1) is 31.6. The number of nitrogens with zero attached hydrogens (tertiary/aromatic N) is 2. The molecule has 2 nitrogen and oxygen atoms in total. The Balaban J connectivity index is 1.14. The number of aromatic nitrogens is 1. The molecule has 0 atom stereocenters. The first-order chi connectivity index (χ1) is 27.3. The number of hydrogen-bond donors (Lipinski definition) is 0. The molecular weight excluding hydrogens is 685 g/mol. The first-order valence-corrected chi connectivity index (χ1v) is 19.6. The Labute approximate surface area is 323 Å². The molecular formula is C52H34N2S. The highest BCUT2D eigenvalue weighted by molar-refractivity contribution is 7.26. The van der Waals surface area contributed by atoms with Gasteiger partial charge in [-0.3, -0.25) is 0 Å². The molecule has 2 aromatic heterocycles. The Hall–Kier alpha value is -6.94. The molecule has 0 aliphatic carbocycles. The number of rotatable bonds is 6. The molecule has 0 bridgehead atoms. The van der Waals surface area contributed by atoms with Crippen LogP contribution in [0.2, 0.25) is 0 Å². The third-order valence-electron chi connectivity index (χ3n) is 11.0. The zero-order valence-electron chi connectivity index (χ0n) is 29.9. The Morgan fingerprint density at radius 1 is 0.400 bits per heavy atom. The third-order valence-corrected chi connectivity index (χ3v) is 12.2. The van der Waals surface area contributed by atoms with E-state index in [0.29, 0.717) is 0 Å². The van der Waals surface area contributed by atoms with Crippen molar-refractivity contribution in [1.29, 1.82) is 0 Å². The van der Waals surface area contributed by atoms with Gasteiger partial charge in [-0.05, 0) is 88.1 Å². The number of benzene rings is 9. The zero-order valence-corrected chi connectivity index (χ0v) is 30.7. The van der Waals surface area contributed by atoms with E-state index in [1.54, 1.807) is 0 Å². The van der Waals surface area contributed by atoms with Crippen LogP contribution >= 0.6 is 11.3 Å². The molecule has 0 aliphatic heterocycles. The predicted octanol–water partition coefficient (Wildman–Crippen LogP) is 15.1. The summed E-state index contributed by atoms with van der Waals surface area (Å²) in [5, 5.41) is 7.61. The van der Waals surface area contributed by atoms with E-state index in [1.165, 1.54) is 75.0 Å². The summed E-state index contributed by atoms with van der Waals surface area (Å²) < 4.78 is 4.97. The van der Waals surface area contributed by atoms with Crippen LogP contribution in [0.3, 0.4) is 0 Å². The smallest absolute Gasteiger partial charge is 0.0554 e. The summed E-state index contributed by atoms with van der Waals surface area (Å²) in [6.45, 7) is 0. The molecule has 11 aromatic rings. The van der Waals surface area contributed by atoms with Gasteiger partial charge < -0.3 is 9.47 Å². The molecule has 3 heteroatoms. The lowest BCUT2D eigenvalue weighted by Gasteiger charge is -2.29. The maximum Gasteiger partial charge on any atom is 0.0554 e. The fourth-order valence-corrected chi connectivity index (χ4v) is 9.78. The molecule has 0 aliphatic rings. The van der Waals surface area contributed by atoms with Crippen LogP contribution in [0.15, 0.2) is 206 Å². The van der Waals surface area contributed by atoms with E-state index in [4.69, 9.17) is 0 Å². The molecule has 0 N–H and O–H groups in total. The molecule has 0 unspecified atom stereocenters. The van der Waals surface area contributed by atoms with E-state index < -0.39 is 0 Å². The summed E-state index contributed by atoms with van der Waals surface area (Å²) in [5.74, 6) is 0. The van der Waals surface area contributed by atoms with E-state index in [0.717, 1.165) is 22.7 Å². The SMILES string of the molecule is c1ccc(N(c2cccc(-c3cccc4ccccc34)c2)c2ccc3c(sc4ccccc43)c2-c2ccc(-n3c4ccccc4c4ccccc43)cc2)cc1. The summed E-state index contributed by atoms with van der Waals surface area (Å²) in [5.41, 5.74) is 11.8. The summed E-state index contributed by atoms with van der Waals surface area (Å²) in [6.07, 6.45) is 0. The normalized spacial score (nSPS) is 11.6. The fraction of sp³-hybridized carbons (Fsp3) is 0. The van der Waals surface area contributed by atoms with Crippen LogP contribution in [0.5, 0.6) is 0 Å². The van der Waals surface area contributed by atoms with Crippen molar-refractivity contribution in [2.75, 3.05) is 4.90 Å². The van der Waals surface area contributed by atoms with Gasteiger partial charge in [-0.25, -0.2) is 0 Å². The van der Waals surface area contributed by atoms with Crippen molar-refractivity contribution in [3.8, 4) is 27.9 Å². The van der Waals surface area contributed by atoms with Crippen LogP contribution in [0, 0.1) is 0 Å². The first-order valence-electron chi connectivity index (χ1n) is 18.8. The maximum absolute atomic E-state index is 2.44. The lowest BCUT2D eigenvalue weighted by Crippen LogP contribution is -2.11. The largest absolute Gasteiger partial charge is 0.310 e. The second-order valence-corrected chi connectivity index (χ2v) is 15.2. The van der Waals surface area contributed by atoms with Gasteiger partial charge in [0.05, 0.1) is 16.7 Å². The van der Waals surface area contributed by atoms with Crippen molar-refractivity contribution in [2.24, 2.45) is 0 Å². The van der Waals surface area contributed by atoms with Gasteiger partial charge in [-0.2, -0.15) is 0 Å². The molecule has 55 heavy (non-hydrogen) atoms. The second-order valence-electron chi connectivity index (χ2n) is 14.1. The lowest BCUT2D eigenvalue weighted by molar-refractivity contribution is 1.18. The van der Waals surface area contributed by atoms with Crippen molar-refractivity contribution in [3.05, 3.63) is 206 Å². The number of anilines is 3. The molecule has 9 aromatic carbocycles. The van der Waals surface area contributed by atoms with Crippen molar-refractivity contribution >= 4 is 81.1 Å². The molecule has 0 saturated heterocycles. The van der Waals surface area contributed by atoms with Gasteiger partial charge in [0.2, 0.25) is 0 Å². The molecule has 2 heterocycles. The molecule has 0 radical (unpaired) electrons. The minimum absolute atomic E-state index is 1.11. The number of fused-ring (bicyclic) bond motifs is 7. The molecule has 0 fully saturated rings. The molecule has 11 rings (SSSR count). The van der Waals surface area contributed by atoms with E-state index in [2.05, 4.69) is 216 Å². The Bertz CT molecular complexity index is 3150. The van der Waals surface area contributed by atoms with Crippen LogP contribution in [0.4, 0.5) is 17.1 Å². The maximum atomic E-state index is 2.44. The Morgan fingerprint density at radius 2 is 1.02 bits per heavy atom. The minimum atomic E-state index is 1.11. The fourth-order valence-electron chi connectivity index (χ4n) is 8.52. The Kier molecular flexibility index (Phi) is 7.39. The highest BCUT2D eigenvalue weighted by Crippen LogP contribution is 2.49. The number of para-hydroxylation sites is 3. The third kappa shape index (κ3) is 5.16. The highest BCUT2D eigenvalue weighted by atomic mass is 32.1. The second kappa shape index (κ2) is 12.9. The Morgan fingerprint density at radius 3 is 1.80 bits per heavy atom. The summed E-state index contributed by atoms with van der Waals surface area (Å²) in [7, 11) is 0. The topological polar surface area (TPSA) is 8.17 Å². The zero-order chi connectivity index (χ0) is 36.3. The van der Waals surface area contributed by atoms with Gasteiger partial charge >= 0.3 is 0 Å². The van der Waals surface area contributed by atoms with E-state index in [-0.39, 0.29) is 0 Å². The monoisotopic (exact) mass is 718 g/mol. The van der Waals surface area contributed by atoms with Crippen LogP contribution < -0.4 is 4.90 Å². The van der Waals surface area contributed by atoms with Crippen molar-refractivity contribution in [1.82, 2.24) is 4.57 Å².